The maximum absolute atomic E-state index is 9.63. The summed E-state index contributed by atoms with van der Waals surface area (Å²) in [6.07, 6.45) is -4.88. The van der Waals surface area contributed by atoms with Crippen molar-refractivity contribution in [2.75, 3.05) is 0 Å². The zero-order valence-electron chi connectivity index (χ0n) is 8.63. The Morgan fingerprint density at radius 1 is 1.00 bits per heavy atom. The van der Waals surface area contributed by atoms with Crippen molar-refractivity contribution >= 4 is 11.9 Å². The van der Waals surface area contributed by atoms with E-state index in [-0.39, 0.29) is 132 Å². The molecule has 15 heavy (non-hydrogen) atoms. The quantitative estimate of drug-likeness (QED) is 0.384. The van der Waals surface area contributed by atoms with Gasteiger partial charge in [-0.25, -0.2) is 0 Å². The van der Waals surface area contributed by atoms with Crippen LogP contribution in [0.1, 0.15) is 0 Å². The molecule has 0 aromatic rings. The van der Waals surface area contributed by atoms with E-state index >= 15 is 0 Å². The number of carbonyl (C=O) groups is 2. The van der Waals surface area contributed by atoms with Gasteiger partial charge in [0, 0.05) is 0 Å². The minimum atomic E-state index is -2.44. The number of aliphatic carboxylic acids is 2. The number of carbonyl (C=O) groups excluding carboxylic acids is 2. The number of rotatable bonds is 3. The van der Waals surface area contributed by atoms with Gasteiger partial charge in [-0.15, -0.1) is 0 Å². The number of carboxylic acids is 2. The molecule has 0 fully saturated rings. The van der Waals surface area contributed by atoms with E-state index in [1.54, 1.807) is 0 Å². The number of hydrogen-bond acceptors (Lipinski definition) is 7. The first-order valence-electron chi connectivity index (χ1n) is 2.47. The standard InChI is InChI=1S/C4H6O6.CN.2K.Na/c5-1(3(7)8)2(6)4(9)10;1-2;;;/h1-2,5-6H,(H,7,8)(H,9,10);;;;/q;-1;3*+1/p-2. The van der Waals surface area contributed by atoms with Crippen LogP contribution in [0.25, 0.3) is 0 Å². The molecule has 68 valence electrons. The minimum absolute atomic E-state index is 0. The normalized spacial score (nSPS) is 10.7. The van der Waals surface area contributed by atoms with E-state index in [0.717, 1.165) is 0 Å². The van der Waals surface area contributed by atoms with Crippen molar-refractivity contribution in [1.29, 1.82) is 5.26 Å². The summed E-state index contributed by atoms with van der Waals surface area (Å²) in [4.78, 5) is 19.3. The summed E-state index contributed by atoms with van der Waals surface area (Å²) in [6, 6.07) is 0. The Balaban J connectivity index is -0.0000000626. The van der Waals surface area contributed by atoms with Gasteiger partial charge in [0.1, 0.15) is 12.2 Å². The number of hydrogen-bond donors (Lipinski definition) is 2. The van der Waals surface area contributed by atoms with Crippen LogP contribution in [0.3, 0.4) is 0 Å². The molecule has 0 amide bonds. The van der Waals surface area contributed by atoms with Crippen LogP contribution in [-0.2, 0) is 9.59 Å². The second-order valence-corrected chi connectivity index (χ2v) is 1.53. The van der Waals surface area contributed by atoms with Crippen LogP contribution in [0.2, 0.25) is 0 Å². The second kappa shape index (κ2) is 19.0. The van der Waals surface area contributed by atoms with Gasteiger partial charge in [-0.3, -0.25) is 0 Å². The summed E-state index contributed by atoms with van der Waals surface area (Å²) in [7, 11) is 0. The molecule has 0 spiro atoms. The average molecular weight is 275 g/mol. The van der Waals surface area contributed by atoms with Gasteiger partial charge >= 0.3 is 132 Å². The summed E-state index contributed by atoms with van der Waals surface area (Å²) < 4.78 is 0. The first-order chi connectivity index (χ1) is 5.46. The molecule has 0 aliphatic carbocycles. The first-order valence-corrected chi connectivity index (χ1v) is 2.47. The molecule has 2 atom stereocenters. The van der Waals surface area contributed by atoms with Crippen molar-refractivity contribution in [2.45, 2.75) is 12.2 Å². The fraction of sp³-hybridized carbons (Fsp3) is 0.400. The van der Waals surface area contributed by atoms with Gasteiger partial charge in [0.05, 0.1) is 11.9 Å². The minimum Gasteiger partial charge on any atom is -0.547 e. The van der Waals surface area contributed by atoms with Crippen LogP contribution in [0, 0.1) is 11.8 Å². The van der Waals surface area contributed by atoms with Crippen LogP contribution >= 0.6 is 0 Å². The van der Waals surface area contributed by atoms with Gasteiger partial charge in [0.15, 0.2) is 0 Å². The molecule has 2 unspecified atom stereocenters. The number of nitrogens with zero attached hydrogens (tertiary/aromatic N) is 1. The molecule has 2 N–H and O–H groups in total. The first kappa shape index (κ1) is 30.6. The Morgan fingerprint density at radius 3 is 1.20 bits per heavy atom. The fourth-order valence-electron chi connectivity index (χ4n) is 0.258. The summed E-state index contributed by atoms with van der Waals surface area (Å²) in [5.41, 5.74) is 0. The molecule has 0 bridgehead atoms. The maximum atomic E-state index is 9.63. The average Bonchev–Trinajstić information content (AvgIpc) is 2.05. The van der Waals surface area contributed by atoms with Crippen molar-refractivity contribution in [3.8, 4) is 0 Å². The molecule has 0 saturated carbocycles. The SMILES string of the molecule is O=C([O-])C(O)C(O)C(=O)[O-].[C-]#N.[K+].[K+].[Na+]. The number of aliphatic hydroxyl groups excluding tert-OH is 2. The third kappa shape index (κ3) is 16.6. The molecule has 0 aliphatic rings. The smallest absolute Gasteiger partial charge is 0.547 e. The van der Waals surface area contributed by atoms with E-state index in [1.165, 1.54) is 0 Å². The third-order valence-corrected chi connectivity index (χ3v) is 0.782. The molecule has 0 rings (SSSR count). The van der Waals surface area contributed by atoms with Crippen molar-refractivity contribution in [2.24, 2.45) is 0 Å². The molecule has 0 heterocycles. The summed E-state index contributed by atoms with van der Waals surface area (Å²) >= 11 is 0. The Hall–Kier alpha value is 2.62. The molecule has 0 aromatic heterocycles. The predicted molar refractivity (Wildman–Crippen MR) is 27.0 cm³/mol. The molecule has 0 radical (unpaired) electrons. The molecule has 0 saturated heterocycles. The zero-order valence-corrected chi connectivity index (χ0v) is 16.9. The molecule has 0 aromatic carbocycles. The Kier molecular flexibility index (Phi) is 38.7. The van der Waals surface area contributed by atoms with Gasteiger partial charge in [0.2, 0.25) is 0 Å². The van der Waals surface area contributed by atoms with Gasteiger partial charge < -0.3 is 41.8 Å². The van der Waals surface area contributed by atoms with Gasteiger partial charge in [-0.2, -0.15) is 0 Å². The summed E-state index contributed by atoms with van der Waals surface area (Å²) in [6.45, 7) is 4.75. The van der Waals surface area contributed by atoms with E-state index < -0.39 is 24.1 Å². The number of aliphatic hydroxyl groups is 2. The van der Waals surface area contributed by atoms with Crippen molar-refractivity contribution < 1.29 is 162 Å². The number of carboxylic acid groups (broad SMARTS) is 2. The Labute approximate surface area is 193 Å². The molecule has 10 heteroatoms. The molecule has 7 nitrogen and oxygen atoms in total. The predicted octanol–water partition coefficient (Wildman–Crippen LogP) is -13.7. The van der Waals surface area contributed by atoms with Gasteiger partial charge in [-0.1, -0.05) is 0 Å². The Morgan fingerprint density at radius 2 is 1.13 bits per heavy atom. The topological polar surface area (TPSA) is 145 Å². The maximum Gasteiger partial charge on any atom is 1.00 e. The van der Waals surface area contributed by atoms with Crippen LogP contribution in [0.15, 0.2) is 0 Å². The van der Waals surface area contributed by atoms with E-state index in [1.807, 2.05) is 0 Å². The van der Waals surface area contributed by atoms with E-state index in [4.69, 9.17) is 22.0 Å². The third-order valence-electron chi connectivity index (χ3n) is 0.782. The Bertz CT molecular complexity index is 183. The van der Waals surface area contributed by atoms with Crippen LogP contribution in [-0.4, -0.2) is 34.4 Å². The van der Waals surface area contributed by atoms with Gasteiger partial charge in [0.25, 0.3) is 0 Å². The molecular formula is C5H4K2NNaO6. The second-order valence-electron chi connectivity index (χ2n) is 1.53. The molecular weight excluding hydrogens is 271 g/mol. The largest absolute Gasteiger partial charge is 1.00 e. The van der Waals surface area contributed by atoms with Crippen LogP contribution in [0.5, 0.6) is 0 Å². The monoisotopic (exact) mass is 275 g/mol. The summed E-state index contributed by atoms with van der Waals surface area (Å²) in [5.74, 6) is -4.12. The van der Waals surface area contributed by atoms with E-state index in [9.17, 15) is 19.8 Å². The van der Waals surface area contributed by atoms with Crippen LogP contribution in [0.4, 0.5) is 0 Å². The van der Waals surface area contributed by atoms with Crippen molar-refractivity contribution in [3.05, 3.63) is 6.57 Å². The van der Waals surface area contributed by atoms with Crippen molar-refractivity contribution in [3.63, 3.8) is 0 Å². The van der Waals surface area contributed by atoms with Crippen molar-refractivity contribution in [1.82, 2.24) is 0 Å². The van der Waals surface area contributed by atoms with Gasteiger partial charge in [-0.05, 0) is 0 Å². The van der Waals surface area contributed by atoms with E-state index in [2.05, 4.69) is 0 Å². The zero-order chi connectivity index (χ0) is 10.3. The van der Waals surface area contributed by atoms with E-state index in [0.29, 0.717) is 0 Å². The van der Waals surface area contributed by atoms with Crippen LogP contribution < -0.4 is 143 Å². The molecule has 0 aliphatic heterocycles. The summed E-state index contributed by atoms with van der Waals surface area (Å²) in [5, 5.41) is 42.0. The fourth-order valence-corrected chi connectivity index (χ4v) is 0.258.